The zero-order valence-electron chi connectivity index (χ0n) is 12.3. The van der Waals surface area contributed by atoms with Gasteiger partial charge in [-0.15, -0.1) is 0 Å². The molecular formula is C15H13F3N2O3. The number of alkyl halides is 3. The van der Waals surface area contributed by atoms with Crippen LogP contribution in [0.4, 0.5) is 13.2 Å². The van der Waals surface area contributed by atoms with Crippen molar-refractivity contribution >= 4 is 11.6 Å². The van der Waals surface area contributed by atoms with E-state index in [1.54, 1.807) is 0 Å². The zero-order chi connectivity index (χ0) is 17.2. The van der Waals surface area contributed by atoms with Gasteiger partial charge in [0.25, 0.3) is 0 Å². The van der Waals surface area contributed by atoms with Gasteiger partial charge in [0.2, 0.25) is 17.4 Å². The number of benzene rings is 1. The molecule has 122 valence electrons. The highest BCUT2D eigenvalue weighted by Crippen LogP contribution is 2.29. The number of Topliss-reactive ketones (excluding diaryl/α,β-unsaturated/α-hetero) is 2. The Bertz CT molecular complexity index is 718. The summed E-state index contributed by atoms with van der Waals surface area (Å²) in [6.45, 7) is 3.64. The third kappa shape index (κ3) is 4.02. The summed E-state index contributed by atoms with van der Waals surface area (Å²) in [5, 5.41) is 3.24. The van der Waals surface area contributed by atoms with Gasteiger partial charge in [0.15, 0.2) is 0 Å². The van der Waals surface area contributed by atoms with Gasteiger partial charge in [0.1, 0.15) is 0 Å². The molecule has 0 fully saturated rings. The number of halogens is 3. The molecule has 8 heteroatoms. The fraction of sp³-hybridized carbons (Fsp3) is 0.333. The molecule has 0 radical (unpaired) electrons. The van der Waals surface area contributed by atoms with Gasteiger partial charge in [0.05, 0.1) is 0 Å². The Morgan fingerprint density at radius 3 is 2.26 bits per heavy atom. The number of nitrogens with zero attached hydrogens (tertiary/aromatic N) is 2. The minimum Gasteiger partial charge on any atom is -0.329 e. The van der Waals surface area contributed by atoms with E-state index in [0.717, 1.165) is 0 Å². The van der Waals surface area contributed by atoms with Crippen LogP contribution in [-0.2, 0) is 11.0 Å². The Morgan fingerprint density at radius 2 is 1.78 bits per heavy atom. The van der Waals surface area contributed by atoms with E-state index >= 15 is 0 Å². The van der Waals surface area contributed by atoms with Gasteiger partial charge >= 0.3 is 12.1 Å². The number of carbonyl (C=O) groups excluding carboxylic acids is 2. The van der Waals surface area contributed by atoms with E-state index in [9.17, 15) is 22.8 Å². The number of hydrogen-bond donors (Lipinski definition) is 0. The number of hydrogen-bond acceptors (Lipinski definition) is 5. The molecular weight excluding hydrogens is 313 g/mol. The van der Waals surface area contributed by atoms with Crippen LogP contribution in [0.2, 0.25) is 0 Å². The summed E-state index contributed by atoms with van der Waals surface area (Å²) in [6.07, 6.45) is -4.58. The van der Waals surface area contributed by atoms with Crippen LogP contribution in [0.25, 0.3) is 11.4 Å². The molecule has 0 aliphatic carbocycles. The lowest BCUT2D eigenvalue weighted by molar-refractivity contribution is -0.159. The predicted octanol–water partition coefficient (Wildman–Crippen LogP) is 3.55. The molecule has 0 aliphatic rings. The molecule has 1 aromatic carbocycles. The Morgan fingerprint density at radius 1 is 1.17 bits per heavy atom. The highest BCUT2D eigenvalue weighted by Gasteiger charge is 2.38. The van der Waals surface area contributed by atoms with Gasteiger partial charge in [-0.2, -0.15) is 18.2 Å². The van der Waals surface area contributed by atoms with Crippen molar-refractivity contribution in [3.8, 4) is 11.4 Å². The maximum Gasteiger partial charge on any atom is 0.471 e. The van der Waals surface area contributed by atoms with Crippen molar-refractivity contribution in [3.05, 3.63) is 35.7 Å². The fourth-order valence-electron chi connectivity index (χ4n) is 1.85. The van der Waals surface area contributed by atoms with Crippen LogP contribution in [0.1, 0.15) is 36.5 Å². The SMILES string of the molecule is CC(C)CC(=O)C(=O)c1ccc(-c2noc(C(F)(F)F)n2)cc1. The molecule has 0 amide bonds. The fourth-order valence-corrected chi connectivity index (χ4v) is 1.85. The highest BCUT2D eigenvalue weighted by atomic mass is 19.4. The maximum atomic E-state index is 12.4. The number of ketones is 2. The summed E-state index contributed by atoms with van der Waals surface area (Å²) in [5.41, 5.74) is 0.413. The van der Waals surface area contributed by atoms with Crippen LogP contribution in [-0.4, -0.2) is 21.7 Å². The van der Waals surface area contributed by atoms with Crippen LogP contribution in [0.5, 0.6) is 0 Å². The van der Waals surface area contributed by atoms with Crippen molar-refractivity contribution in [2.75, 3.05) is 0 Å². The number of carbonyl (C=O) groups is 2. The monoisotopic (exact) mass is 326 g/mol. The van der Waals surface area contributed by atoms with E-state index in [-0.39, 0.29) is 29.3 Å². The molecule has 0 bridgehead atoms. The van der Waals surface area contributed by atoms with Gasteiger partial charge < -0.3 is 4.52 Å². The van der Waals surface area contributed by atoms with E-state index in [2.05, 4.69) is 14.7 Å². The molecule has 5 nitrogen and oxygen atoms in total. The van der Waals surface area contributed by atoms with Crippen LogP contribution in [0, 0.1) is 5.92 Å². The van der Waals surface area contributed by atoms with Crippen molar-refractivity contribution in [2.45, 2.75) is 26.4 Å². The summed E-state index contributed by atoms with van der Waals surface area (Å²) < 4.78 is 41.3. The van der Waals surface area contributed by atoms with Gasteiger partial charge in [-0.25, -0.2) is 0 Å². The third-order valence-electron chi connectivity index (χ3n) is 2.92. The number of aromatic nitrogens is 2. The Labute approximate surface area is 129 Å². The topological polar surface area (TPSA) is 73.1 Å². The van der Waals surface area contributed by atoms with Gasteiger partial charge in [-0.05, 0) is 5.92 Å². The molecule has 1 aromatic heterocycles. The van der Waals surface area contributed by atoms with Crippen LogP contribution >= 0.6 is 0 Å². The molecule has 2 aromatic rings. The van der Waals surface area contributed by atoms with Crippen molar-refractivity contribution in [2.24, 2.45) is 5.92 Å². The summed E-state index contributed by atoms with van der Waals surface area (Å²) in [4.78, 5) is 26.9. The Kier molecular flexibility index (Phi) is 4.63. The number of rotatable bonds is 5. The first-order valence-corrected chi connectivity index (χ1v) is 6.77. The second kappa shape index (κ2) is 6.31. The lowest BCUT2D eigenvalue weighted by Crippen LogP contribution is -2.16. The van der Waals surface area contributed by atoms with Crippen LogP contribution < -0.4 is 0 Å². The van der Waals surface area contributed by atoms with E-state index in [0.29, 0.717) is 0 Å². The largest absolute Gasteiger partial charge is 0.471 e. The first kappa shape index (κ1) is 16.9. The van der Waals surface area contributed by atoms with Gasteiger partial charge in [-0.3, -0.25) is 9.59 Å². The van der Waals surface area contributed by atoms with E-state index in [1.165, 1.54) is 24.3 Å². The highest BCUT2D eigenvalue weighted by molar-refractivity contribution is 6.43. The van der Waals surface area contributed by atoms with Crippen molar-refractivity contribution in [1.29, 1.82) is 0 Å². The van der Waals surface area contributed by atoms with Crippen molar-refractivity contribution in [1.82, 2.24) is 10.1 Å². The third-order valence-corrected chi connectivity index (χ3v) is 2.92. The first-order chi connectivity index (χ1) is 10.7. The molecule has 0 atom stereocenters. The summed E-state index contributed by atoms with van der Waals surface area (Å²) in [6, 6.07) is 5.42. The lowest BCUT2D eigenvalue weighted by atomic mass is 9.99. The Hall–Kier alpha value is -2.51. The lowest BCUT2D eigenvalue weighted by Gasteiger charge is -2.03. The first-order valence-electron chi connectivity index (χ1n) is 6.77. The molecule has 0 aliphatic heterocycles. The molecule has 0 saturated carbocycles. The summed E-state index contributed by atoms with van der Waals surface area (Å²) in [5.74, 6) is -2.77. The van der Waals surface area contributed by atoms with Gasteiger partial charge in [-0.1, -0.05) is 43.3 Å². The molecule has 0 saturated heterocycles. The molecule has 1 heterocycles. The average molecular weight is 326 g/mol. The standard InChI is InChI=1S/C15H13F3N2O3/c1-8(2)7-11(21)12(22)9-3-5-10(6-4-9)13-19-14(23-20-13)15(16,17)18/h3-6,8H,7H2,1-2H3. The molecule has 0 unspecified atom stereocenters. The Balaban J connectivity index is 2.18. The predicted molar refractivity (Wildman–Crippen MR) is 73.5 cm³/mol. The minimum absolute atomic E-state index is 0.0610. The molecule has 0 spiro atoms. The maximum absolute atomic E-state index is 12.4. The normalized spacial score (nSPS) is 11.7. The van der Waals surface area contributed by atoms with Crippen LogP contribution in [0.15, 0.2) is 28.8 Å². The summed E-state index contributed by atoms with van der Waals surface area (Å²) in [7, 11) is 0. The van der Waals surface area contributed by atoms with Gasteiger partial charge in [0, 0.05) is 17.5 Å². The smallest absolute Gasteiger partial charge is 0.329 e. The second-order valence-electron chi connectivity index (χ2n) is 5.35. The molecule has 2 rings (SSSR count). The quantitative estimate of drug-likeness (QED) is 0.620. The van der Waals surface area contributed by atoms with E-state index < -0.39 is 23.6 Å². The summed E-state index contributed by atoms with van der Waals surface area (Å²) >= 11 is 0. The average Bonchev–Trinajstić information content (AvgIpc) is 2.96. The van der Waals surface area contributed by atoms with Crippen molar-refractivity contribution < 1.29 is 27.3 Å². The van der Waals surface area contributed by atoms with E-state index in [4.69, 9.17) is 0 Å². The van der Waals surface area contributed by atoms with Crippen molar-refractivity contribution in [3.63, 3.8) is 0 Å². The molecule has 0 N–H and O–H groups in total. The minimum atomic E-state index is -4.72. The zero-order valence-corrected chi connectivity index (χ0v) is 12.3. The molecule has 23 heavy (non-hydrogen) atoms. The van der Waals surface area contributed by atoms with E-state index in [1.807, 2.05) is 13.8 Å². The van der Waals surface area contributed by atoms with Crippen LogP contribution in [0.3, 0.4) is 0 Å². The second-order valence-corrected chi connectivity index (χ2v) is 5.35.